The molecule has 1 aromatic heterocycles. The summed E-state index contributed by atoms with van der Waals surface area (Å²) >= 11 is 0. The highest BCUT2D eigenvalue weighted by Crippen LogP contribution is 2.01. The second kappa shape index (κ2) is 4.31. The van der Waals surface area contributed by atoms with E-state index in [1.165, 1.54) is 12.4 Å². The molecule has 0 saturated carbocycles. The molecule has 1 fully saturated rings. The second-order valence-electron chi connectivity index (χ2n) is 3.50. The summed E-state index contributed by atoms with van der Waals surface area (Å²) in [6, 6.07) is -0.283. The first kappa shape index (κ1) is 10.6. The fraction of sp³-hybridized carbons (Fsp3) is 0.444. The lowest BCUT2D eigenvalue weighted by atomic mass is 10.4. The Balaban J connectivity index is 2.10. The average Bonchev–Trinajstić information content (AvgIpc) is 2.78. The molecule has 0 atom stereocenters. The molecule has 1 aliphatic heterocycles. The van der Waals surface area contributed by atoms with Crippen LogP contribution in [0.5, 0.6) is 0 Å². The van der Waals surface area contributed by atoms with Crippen molar-refractivity contribution in [2.75, 3.05) is 26.2 Å². The van der Waals surface area contributed by atoms with Crippen molar-refractivity contribution in [1.82, 2.24) is 20.0 Å². The number of carbonyl (C=O) groups excluding carboxylic acids is 1. The third-order valence-electron chi connectivity index (χ3n) is 2.41. The lowest BCUT2D eigenvalue weighted by Gasteiger charge is -2.26. The van der Waals surface area contributed by atoms with Crippen molar-refractivity contribution in [1.29, 1.82) is 0 Å². The number of carbonyl (C=O) groups is 2. The van der Waals surface area contributed by atoms with Crippen LogP contribution < -0.4 is 5.32 Å². The molecule has 2 rings (SSSR count). The maximum absolute atomic E-state index is 11.8. The highest BCUT2D eigenvalue weighted by atomic mass is 16.4. The van der Waals surface area contributed by atoms with Crippen molar-refractivity contribution >= 4 is 12.0 Å². The number of hydrogen-bond donors (Lipinski definition) is 2. The Morgan fingerprint density at radius 1 is 1.38 bits per heavy atom. The van der Waals surface area contributed by atoms with Crippen molar-refractivity contribution in [2.24, 2.45) is 0 Å². The van der Waals surface area contributed by atoms with Gasteiger partial charge in [0.2, 0.25) is 0 Å². The maximum atomic E-state index is 11.8. The molecule has 16 heavy (non-hydrogen) atoms. The number of nitrogens with zero attached hydrogens (tertiary/aromatic N) is 3. The standard InChI is InChI=1S/C9H12N4O3/c14-8(15)7-5-11-13(6-7)9(16)12-3-1-10-2-4-12/h5-6,10H,1-4H2,(H,14,15). The van der Waals surface area contributed by atoms with E-state index in [1.807, 2.05) is 0 Å². The van der Waals surface area contributed by atoms with E-state index >= 15 is 0 Å². The van der Waals surface area contributed by atoms with E-state index in [-0.39, 0.29) is 11.6 Å². The summed E-state index contributed by atoms with van der Waals surface area (Å²) in [5, 5.41) is 15.6. The number of amides is 1. The molecule has 2 heterocycles. The van der Waals surface area contributed by atoms with Gasteiger partial charge in [0.05, 0.1) is 18.0 Å². The Morgan fingerprint density at radius 3 is 2.62 bits per heavy atom. The molecular formula is C9H12N4O3. The normalized spacial score (nSPS) is 16.1. The molecule has 0 aromatic carbocycles. The van der Waals surface area contributed by atoms with Crippen LogP contribution in [0.2, 0.25) is 0 Å². The number of hydrogen-bond acceptors (Lipinski definition) is 4. The Hall–Kier alpha value is -1.89. The van der Waals surface area contributed by atoms with Crippen LogP contribution in [0.1, 0.15) is 10.4 Å². The number of rotatable bonds is 1. The summed E-state index contributed by atoms with van der Waals surface area (Å²) in [7, 11) is 0. The molecule has 0 unspecified atom stereocenters. The molecular weight excluding hydrogens is 212 g/mol. The smallest absolute Gasteiger partial charge is 0.344 e. The monoisotopic (exact) mass is 224 g/mol. The van der Waals surface area contributed by atoms with Crippen LogP contribution in [0.25, 0.3) is 0 Å². The van der Waals surface area contributed by atoms with Gasteiger partial charge in [-0.05, 0) is 0 Å². The van der Waals surface area contributed by atoms with Gasteiger partial charge in [-0.25, -0.2) is 9.59 Å². The average molecular weight is 224 g/mol. The van der Waals surface area contributed by atoms with E-state index < -0.39 is 5.97 Å². The minimum atomic E-state index is -1.08. The molecule has 86 valence electrons. The molecule has 1 aliphatic rings. The lowest BCUT2D eigenvalue weighted by Crippen LogP contribution is -2.48. The number of nitrogens with one attached hydrogen (secondary N) is 1. The quantitative estimate of drug-likeness (QED) is 0.668. The first-order valence-electron chi connectivity index (χ1n) is 4.96. The minimum Gasteiger partial charge on any atom is -0.478 e. The van der Waals surface area contributed by atoms with Gasteiger partial charge in [-0.3, -0.25) is 0 Å². The third kappa shape index (κ3) is 2.03. The van der Waals surface area contributed by atoms with Gasteiger partial charge in [-0.1, -0.05) is 0 Å². The van der Waals surface area contributed by atoms with Crippen molar-refractivity contribution in [2.45, 2.75) is 0 Å². The van der Waals surface area contributed by atoms with Crippen molar-refractivity contribution in [3.05, 3.63) is 18.0 Å². The van der Waals surface area contributed by atoms with Gasteiger partial charge in [0.25, 0.3) is 0 Å². The zero-order chi connectivity index (χ0) is 11.5. The number of carboxylic acids is 1. The van der Waals surface area contributed by atoms with Crippen LogP contribution >= 0.6 is 0 Å². The molecule has 7 heteroatoms. The summed E-state index contributed by atoms with van der Waals surface area (Å²) in [5.74, 6) is -1.08. The Kier molecular flexibility index (Phi) is 2.86. The summed E-state index contributed by atoms with van der Waals surface area (Å²) in [6.45, 7) is 2.72. The maximum Gasteiger partial charge on any atom is 0.344 e. The van der Waals surface area contributed by atoms with Gasteiger partial charge >= 0.3 is 12.0 Å². The van der Waals surface area contributed by atoms with Crippen molar-refractivity contribution in [3.63, 3.8) is 0 Å². The SMILES string of the molecule is O=C(O)c1cnn(C(=O)N2CCNCC2)c1. The zero-order valence-corrected chi connectivity index (χ0v) is 8.59. The molecule has 2 N–H and O–H groups in total. The van der Waals surface area contributed by atoms with E-state index in [0.29, 0.717) is 13.1 Å². The lowest BCUT2D eigenvalue weighted by molar-refractivity contribution is 0.0697. The van der Waals surface area contributed by atoms with Gasteiger partial charge in [-0.2, -0.15) is 9.78 Å². The molecule has 1 amide bonds. The molecule has 0 spiro atoms. The van der Waals surface area contributed by atoms with Crippen LogP contribution in [0, 0.1) is 0 Å². The first-order valence-corrected chi connectivity index (χ1v) is 4.96. The first-order chi connectivity index (χ1) is 7.68. The van der Waals surface area contributed by atoms with Gasteiger partial charge in [0.1, 0.15) is 0 Å². The Labute approximate surface area is 91.6 Å². The largest absolute Gasteiger partial charge is 0.478 e. The summed E-state index contributed by atoms with van der Waals surface area (Å²) < 4.78 is 1.06. The van der Waals surface area contributed by atoms with Crippen LogP contribution in [0.3, 0.4) is 0 Å². The van der Waals surface area contributed by atoms with E-state index in [2.05, 4.69) is 10.4 Å². The second-order valence-corrected chi connectivity index (χ2v) is 3.50. The summed E-state index contributed by atoms with van der Waals surface area (Å²) in [5.41, 5.74) is 0.0171. The number of aromatic carboxylic acids is 1. The molecule has 0 bridgehead atoms. The van der Waals surface area contributed by atoms with Crippen LogP contribution in [0.15, 0.2) is 12.4 Å². The van der Waals surface area contributed by atoms with E-state index in [1.54, 1.807) is 4.90 Å². The van der Waals surface area contributed by atoms with E-state index in [0.717, 1.165) is 17.8 Å². The topological polar surface area (TPSA) is 87.5 Å². The predicted octanol–water partition coefficient (Wildman–Crippen LogP) is -0.545. The van der Waals surface area contributed by atoms with Crippen LogP contribution in [0.4, 0.5) is 4.79 Å². The van der Waals surface area contributed by atoms with Gasteiger partial charge in [0, 0.05) is 26.2 Å². The van der Waals surface area contributed by atoms with Gasteiger partial charge in [0.15, 0.2) is 0 Å². The fourth-order valence-corrected chi connectivity index (χ4v) is 1.54. The number of piperazine rings is 1. The molecule has 7 nitrogen and oxygen atoms in total. The Bertz CT molecular complexity index is 409. The zero-order valence-electron chi connectivity index (χ0n) is 8.59. The number of aromatic nitrogens is 2. The summed E-state index contributed by atoms with van der Waals surface area (Å²) in [4.78, 5) is 24.1. The van der Waals surface area contributed by atoms with Crippen molar-refractivity contribution in [3.8, 4) is 0 Å². The highest BCUT2D eigenvalue weighted by Gasteiger charge is 2.19. The molecule has 0 radical (unpaired) electrons. The third-order valence-corrected chi connectivity index (χ3v) is 2.41. The molecule has 0 aliphatic carbocycles. The fourth-order valence-electron chi connectivity index (χ4n) is 1.54. The number of carboxylic acid groups (broad SMARTS) is 1. The van der Waals surface area contributed by atoms with Crippen molar-refractivity contribution < 1.29 is 14.7 Å². The highest BCUT2D eigenvalue weighted by molar-refractivity contribution is 5.88. The van der Waals surface area contributed by atoms with E-state index in [4.69, 9.17) is 5.11 Å². The van der Waals surface area contributed by atoms with Gasteiger partial charge in [-0.15, -0.1) is 0 Å². The van der Waals surface area contributed by atoms with Crippen LogP contribution in [-0.2, 0) is 0 Å². The molecule has 1 saturated heterocycles. The summed E-state index contributed by atoms with van der Waals surface area (Å²) in [6.07, 6.45) is 2.40. The van der Waals surface area contributed by atoms with E-state index in [9.17, 15) is 9.59 Å². The van der Waals surface area contributed by atoms with Crippen LogP contribution in [-0.4, -0.2) is 58.0 Å². The minimum absolute atomic E-state index is 0.0171. The Morgan fingerprint density at radius 2 is 2.06 bits per heavy atom. The predicted molar refractivity (Wildman–Crippen MR) is 54.4 cm³/mol. The van der Waals surface area contributed by atoms with Gasteiger partial charge < -0.3 is 15.3 Å². The molecule has 1 aromatic rings.